The molecule has 5 rings (SSSR count). The molecule has 1 saturated carbocycles. The van der Waals surface area contributed by atoms with Gasteiger partial charge in [-0.05, 0) is 39.5 Å². The summed E-state index contributed by atoms with van der Waals surface area (Å²) in [5.41, 5.74) is 1.24. The number of nitrogens with zero attached hydrogens (tertiary/aromatic N) is 3. The molecule has 210 valence electrons. The van der Waals surface area contributed by atoms with Gasteiger partial charge in [-0.1, -0.05) is 0 Å². The quantitative estimate of drug-likeness (QED) is 0.410. The maximum Gasteiger partial charge on any atom is 0.410 e. The van der Waals surface area contributed by atoms with Crippen molar-refractivity contribution in [2.45, 2.75) is 69.7 Å². The first-order valence-electron chi connectivity index (χ1n) is 13.3. The lowest BCUT2D eigenvalue weighted by molar-refractivity contribution is -0.118. The van der Waals surface area contributed by atoms with Crippen LogP contribution in [0.2, 0.25) is 0 Å². The predicted molar refractivity (Wildman–Crippen MR) is 142 cm³/mol. The number of carbonyl (C=O) groups excluding carboxylic acids is 2. The third kappa shape index (κ3) is 6.11. The van der Waals surface area contributed by atoms with Crippen LogP contribution < -0.4 is 14.8 Å². The maximum absolute atomic E-state index is 12.6. The summed E-state index contributed by atoms with van der Waals surface area (Å²) in [7, 11) is 1.48. The molecule has 3 aliphatic rings. The number of hydrogen-bond acceptors (Lipinski definition) is 9. The Bertz CT molecular complexity index is 1220. The van der Waals surface area contributed by atoms with Crippen molar-refractivity contribution in [3.05, 3.63) is 29.5 Å². The van der Waals surface area contributed by atoms with E-state index >= 15 is 0 Å². The van der Waals surface area contributed by atoms with Crippen molar-refractivity contribution in [2.75, 3.05) is 32.2 Å². The van der Waals surface area contributed by atoms with Crippen molar-refractivity contribution in [2.24, 2.45) is 4.99 Å². The third-order valence-electron chi connectivity index (χ3n) is 7.31. The van der Waals surface area contributed by atoms with Crippen molar-refractivity contribution in [1.82, 2.24) is 15.1 Å². The van der Waals surface area contributed by atoms with Crippen molar-refractivity contribution in [3.63, 3.8) is 0 Å². The van der Waals surface area contributed by atoms with Crippen LogP contribution in [0.15, 0.2) is 23.2 Å². The minimum atomic E-state index is -0.413. The van der Waals surface area contributed by atoms with E-state index in [9.17, 15) is 14.7 Å². The maximum atomic E-state index is 12.6. The summed E-state index contributed by atoms with van der Waals surface area (Å²) in [6.45, 7) is 4.69. The van der Waals surface area contributed by atoms with Crippen LogP contribution in [0.5, 0.6) is 17.2 Å². The number of ether oxygens (including phenoxy) is 4. The van der Waals surface area contributed by atoms with Crippen LogP contribution in [0.4, 0.5) is 10.6 Å². The van der Waals surface area contributed by atoms with Gasteiger partial charge in [0.1, 0.15) is 23.4 Å². The first-order valence-corrected chi connectivity index (χ1v) is 13.3. The molecule has 4 atom stereocenters. The smallest absolute Gasteiger partial charge is 0.410 e. The minimum absolute atomic E-state index is 0.0222. The van der Waals surface area contributed by atoms with E-state index in [1.165, 1.54) is 19.4 Å². The van der Waals surface area contributed by atoms with Gasteiger partial charge in [0.05, 0.1) is 38.0 Å². The Kier molecular flexibility index (Phi) is 7.92. The zero-order chi connectivity index (χ0) is 27.5. The number of amides is 2. The highest BCUT2D eigenvalue weighted by Crippen LogP contribution is 2.38. The number of phenolic OH excluding ortho intramolecular Hbond substituents is 1. The number of fused-ring (bicyclic) bond motifs is 2. The number of hydrogen-bond donors (Lipinski definition) is 3. The Morgan fingerprint density at radius 1 is 1.26 bits per heavy atom. The molecule has 2 unspecified atom stereocenters. The number of aromatic nitrogens is 2. The fourth-order valence-corrected chi connectivity index (χ4v) is 5.28. The van der Waals surface area contributed by atoms with Gasteiger partial charge < -0.3 is 29.4 Å². The molecule has 1 aromatic heterocycles. The van der Waals surface area contributed by atoms with Gasteiger partial charge >= 0.3 is 6.09 Å². The normalized spacial score (nSPS) is 24.1. The van der Waals surface area contributed by atoms with E-state index in [4.69, 9.17) is 18.9 Å². The molecular weight excluding hydrogens is 506 g/mol. The fraction of sp³-hybridized carbons (Fsp3) is 0.556. The number of H-pyrrole nitrogens is 1. The highest BCUT2D eigenvalue weighted by molar-refractivity contribution is 5.92. The van der Waals surface area contributed by atoms with Crippen LogP contribution in [0, 0.1) is 0 Å². The lowest BCUT2D eigenvalue weighted by Crippen LogP contribution is -2.65. The van der Waals surface area contributed by atoms with Crippen molar-refractivity contribution < 1.29 is 33.6 Å². The van der Waals surface area contributed by atoms with E-state index in [1.807, 2.05) is 18.7 Å². The van der Waals surface area contributed by atoms with Crippen LogP contribution in [0.1, 0.15) is 56.7 Å². The molecule has 3 heterocycles. The van der Waals surface area contributed by atoms with E-state index < -0.39 is 5.91 Å². The second-order valence-corrected chi connectivity index (χ2v) is 10.5. The van der Waals surface area contributed by atoms with Crippen LogP contribution >= 0.6 is 0 Å². The average molecular weight is 542 g/mol. The average Bonchev–Trinajstić information content (AvgIpc) is 3.56. The van der Waals surface area contributed by atoms with Gasteiger partial charge in [-0.25, -0.2) is 4.79 Å². The van der Waals surface area contributed by atoms with Gasteiger partial charge in [0.2, 0.25) is 0 Å². The van der Waals surface area contributed by atoms with Crippen LogP contribution in [-0.4, -0.2) is 89.6 Å². The number of anilines is 1. The highest BCUT2D eigenvalue weighted by atomic mass is 16.6. The van der Waals surface area contributed by atoms with Gasteiger partial charge in [0.15, 0.2) is 12.4 Å². The van der Waals surface area contributed by atoms with Crippen molar-refractivity contribution in [3.8, 4) is 17.2 Å². The van der Waals surface area contributed by atoms with Gasteiger partial charge in [-0.2, -0.15) is 5.10 Å². The van der Waals surface area contributed by atoms with Gasteiger partial charge in [-0.3, -0.25) is 19.8 Å². The van der Waals surface area contributed by atoms with Crippen LogP contribution in [0.25, 0.3) is 0 Å². The largest absolute Gasteiger partial charge is 0.507 e. The Balaban J connectivity index is 1.13. The molecule has 2 aliphatic heterocycles. The Morgan fingerprint density at radius 3 is 2.77 bits per heavy atom. The summed E-state index contributed by atoms with van der Waals surface area (Å²) < 4.78 is 22.1. The summed E-state index contributed by atoms with van der Waals surface area (Å²) >= 11 is 0. The van der Waals surface area contributed by atoms with Gasteiger partial charge in [0.25, 0.3) is 5.91 Å². The fourth-order valence-electron chi connectivity index (χ4n) is 5.28. The standard InChI is InChI=1S/C27H35N5O7/c1-15(2)28-11-21-23(33)8-20(36-3)9-24(21)38-14-26(34)29-25-10-22(30-31-25)16-4-5-19(6-16)39-27(35)32-17-7-18(32)13-37-12-17/h8-11,15-19,33H,4-7,12-14H2,1-3H3,(H2,29,30,31,34)/t16-,17?,18?,19+/m0/s1. The number of carbonyl (C=O) groups is 2. The molecular formula is C27H35N5O7. The highest BCUT2D eigenvalue weighted by Gasteiger charge is 2.47. The third-order valence-corrected chi connectivity index (χ3v) is 7.31. The summed E-state index contributed by atoms with van der Waals surface area (Å²) in [4.78, 5) is 31.3. The number of benzene rings is 1. The Morgan fingerprint density at radius 2 is 2.05 bits per heavy atom. The van der Waals surface area contributed by atoms with E-state index in [2.05, 4.69) is 20.5 Å². The summed E-state index contributed by atoms with van der Waals surface area (Å²) in [5.74, 6) is 0.721. The molecule has 0 spiro atoms. The van der Waals surface area contributed by atoms with Crippen molar-refractivity contribution in [1.29, 1.82) is 0 Å². The monoisotopic (exact) mass is 541 g/mol. The zero-order valence-electron chi connectivity index (χ0n) is 22.4. The number of aliphatic imine (C=N–C) groups is 1. The van der Waals surface area contributed by atoms with E-state index in [0.29, 0.717) is 36.8 Å². The first-order chi connectivity index (χ1) is 18.8. The molecule has 2 aromatic rings. The Labute approximate surface area is 226 Å². The first kappa shape index (κ1) is 26.8. The number of aromatic hydroxyl groups is 1. The molecule has 0 radical (unpaired) electrons. The lowest BCUT2D eigenvalue weighted by Gasteiger charge is -2.51. The van der Waals surface area contributed by atoms with Crippen molar-refractivity contribution >= 4 is 24.0 Å². The van der Waals surface area contributed by atoms with E-state index in [-0.39, 0.29) is 54.3 Å². The molecule has 2 bridgehead atoms. The number of phenols is 1. The molecule has 39 heavy (non-hydrogen) atoms. The molecule has 1 aromatic carbocycles. The number of methoxy groups -OCH3 is 1. The van der Waals surface area contributed by atoms with Crippen LogP contribution in [0.3, 0.4) is 0 Å². The number of nitrogens with one attached hydrogen (secondary N) is 2. The molecule has 1 aliphatic carbocycles. The predicted octanol–water partition coefficient (Wildman–Crippen LogP) is 3.21. The van der Waals surface area contributed by atoms with Crippen LogP contribution in [-0.2, 0) is 14.3 Å². The number of rotatable bonds is 9. The molecule has 2 amide bonds. The minimum Gasteiger partial charge on any atom is -0.507 e. The second-order valence-electron chi connectivity index (χ2n) is 10.5. The Hall–Kier alpha value is -3.80. The summed E-state index contributed by atoms with van der Waals surface area (Å²) in [6, 6.07) is 5.15. The SMILES string of the molecule is COc1cc(O)c(C=NC(C)C)c(OCC(=O)Nc2cc([C@H]3CC[C@@H](OC(=O)N4C5COCC4C5)C3)[nH]n2)c1. The van der Waals surface area contributed by atoms with E-state index in [0.717, 1.165) is 25.0 Å². The molecule has 2 saturated heterocycles. The summed E-state index contributed by atoms with van der Waals surface area (Å²) in [5, 5.41) is 20.3. The lowest BCUT2D eigenvalue weighted by atomic mass is 9.92. The second kappa shape index (κ2) is 11.5. The number of morpholine rings is 1. The molecule has 12 nitrogen and oxygen atoms in total. The topological polar surface area (TPSA) is 148 Å². The molecule has 3 N–H and O–H groups in total. The molecule has 3 fully saturated rings. The number of aromatic amines is 1. The van der Waals surface area contributed by atoms with E-state index in [1.54, 1.807) is 12.1 Å². The summed E-state index contributed by atoms with van der Waals surface area (Å²) in [6.07, 6.45) is 4.45. The van der Waals surface area contributed by atoms with Gasteiger partial charge in [0, 0.05) is 42.1 Å². The zero-order valence-corrected chi connectivity index (χ0v) is 22.4. The van der Waals surface area contributed by atoms with Gasteiger partial charge in [-0.15, -0.1) is 0 Å². The molecule has 12 heteroatoms.